The van der Waals surface area contributed by atoms with Gasteiger partial charge in [0, 0.05) is 6.42 Å². The van der Waals surface area contributed by atoms with E-state index < -0.39 is 23.6 Å². The first kappa shape index (κ1) is 18.4. The number of hydrogen-bond acceptors (Lipinski definition) is 5. The first-order valence-electron chi connectivity index (χ1n) is 6.64. The third-order valence-corrected chi connectivity index (χ3v) is 2.21. The Labute approximate surface area is 120 Å². The first-order chi connectivity index (χ1) is 9.05. The first-order valence-corrected chi connectivity index (χ1v) is 6.64. The SMILES string of the molecule is COC(=O)[C@@H](CC(=O)OC(C)(C)C)NC(=O)CC(C)C. The molecule has 0 saturated carbocycles. The Kier molecular flexibility index (Phi) is 7.24. The minimum absolute atomic E-state index is 0.162. The Hall–Kier alpha value is -1.59. The zero-order valence-electron chi connectivity index (χ0n) is 13.1. The van der Waals surface area contributed by atoms with Crippen LogP contribution >= 0.6 is 0 Å². The van der Waals surface area contributed by atoms with Crippen LogP contribution in [0.3, 0.4) is 0 Å². The van der Waals surface area contributed by atoms with Crippen LogP contribution in [0.15, 0.2) is 0 Å². The minimum Gasteiger partial charge on any atom is -0.467 e. The maximum absolute atomic E-state index is 11.7. The summed E-state index contributed by atoms with van der Waals surface area (Å²) in [5.41, 5.74) is -0.639. The summed E-state index contributed by atoms with van der Waals surface area (Å²) in [7, 11) is 1.21. The number of hydrogen-bond donors (Lipinski definition) is 1. The highest BCUT2D eigenvalue weighted by Gasteiger charge is 2.27. The van der Waals surface area contributed by atoms with Crippen LogP contribution in [-0.4, -0.2) is 36.6 Å². The van der Waals surface area contributed by atoms with Gasteiger partial charge in [-0.15, -0.1) is 0 Å². The Morgan fingerprint density at radius 1 is 1.10 bits per heavy atom. The molecule has 0 aliphatic carbocycles. The number of amides is 1. The molecule has 1 N–H and O–H groups in total. The lowest BCUT2D eigenvalue weighted by Gasteiger charge is -2.22. The highest BCUT2D eigenvalue weighted by Crippen LogP contribution is 2.10. The fourth-order valence-corrected chi connectivity index (χ4v) is 1.51. The second kappa shape index (κ2) is 7.87. The van der Waals surface area contributed by atoms with E-state index in [2.05, 4.69) is 10.1 Å². The maximum Gasteiger partial charge on any atom is 0.328 e. The van der Waals surface area contributed by atoms with Gasteiger partial charge in [0.25, 0.3) is 0 Å². The molecule has 0 aromatic rings. The maximum atomic E-state index is 11.7. The summed E-state index contributed by atoms with van der Waals surface area (Å²) in [6, 6.07) is -1.01. The molecular formula is C14H25NO5. The smallest absolute Gasteiger partial charge is 0.328 e. The van der Waals surface area contributed by atoms with Gasteiger partial charge in [-0.25, -0.2) is 4.79 Å². The molecule has 116 valence electrons. The van der Waals surface area contributed by atoms with E-state index >= 15 is 0 Å². The molecule has 0 saturated heterocycles. The molecule has 0 fully saturated rings. The highest BCUT2D eigenvalue weighted by molar-refractivity contribution is 5.88. The number of carbonyl (C=O) groups excluding carboxylic acids is 3. The molecule has 0 unspecified atom stereocenters. The molecule has 6 heteroatoms. The van der Waals surface area contributed by atoms with Crippen LogP contribution < -0.4 is 5.32 Å². The molecule has 20 heavy (non-hydrogen) atoms. The van der Waals surface area contributed by atoms with Crippen molar-refractivity contribution in [1.82, 2.24) is 5.32 Å². The summed E-state index contributed by atoms with van der Waals surface area (Å²) in [4.78, 5) is 35.0. The number of ether oxygens (including phenoxy) is 2. The molecule has 0 bridgehead atoms. The average Bonchev–Trinajstić information content (AvgIpc) is 2.23. The summed E-state index contributed by atoms with van der Waals surface area (Å²) in [6.45, 7) is 8.97. The van der Waals surface area contributed by atoms with Crippen LogP contribution in [0.5, 0.6) is 0 Å². The summed E-state index contributed by atoms with van der Waals surface area (Å²) >= 11 is 0. The summed E-state index contributed by atoms with van der Waals surface area (Å²) in [6.07, 6.45) is 0.0373. The summed E-state index contributed by atoms with van der Waals surface area (Å²) in [5, 5.41) is 2.50. The van der Waals surface area contributed by atoms with E-state index in [0.717, 1.165) is 0 Å². The second-order valence-electron chi connectivity index (χ2n) is 6.03. The quantitative estimate of drug-likeness (QED) is 0.747. The van der Waals surface area contributed by atoms with Crippen molar-refractivity contribution in [2.45, 2.75) is 59.1 Å². The van der Waals surface area contributed by atoms with Crippen molar-refractivity contribution in [1.29, 1.82) is 0 Å². The Morgan fingerprint density at radius 2 is 1.65 bits per heavy atom. The van der Waals surface area contributed by atoms with Crippen LogP contribution in [0, 0.1) is 5.92 Å². The minimum atomic E-state index is -1.01. The molecule has 0 aliphatic heterocycles. The number of rotatable bonds is 6. The van der Waals surface area contributed by atoms with E-state index in [1.807, 2.05) is 13.8 Å². The Bertz CT molecular complexity index is 357. The lowest BCUT2D eigenvalue weighted by molar-refractivity contribution is -0.159. The molecule has 0 aliphatic rings. The fraction of sp³-hybridized carbons (Fsp3) is 0.786. The van der Waals surface area contributed by atoms with Crippen molar-refractivity contribution in [2.75, 3.05) is 7.11 Å². The Balaban J connectivity index is 4.62. The predicted octanol–water partition coefficient (Wildman–Crippen LogP) is 1.42. The Morgan fingerprint density at radius 3 is 2.05 bits per heavy atom. The van der Waals surface area contributed by atoms with Crippen LogP contribution in [0.1, 0.15) is 47.5 Å². The van der Waals surface area contributed by atoms with E-state index in [1.54, 1.807) is 20.8 Å². The molecular weight excluding hydrogens is 262 g/mol. The molecule has 1 atom stereocenters. The van der Waals surface area contributed by atoms with Gasteiger partial charge in [-0.1, -0.05) is 13.8 Å². The normalized spacial score (nSPS) is 12.8. The van der Waals surface area contributed by atoms with Crippen LogP contribution in [-0.2, 0) is 23.9 Å². The molecule has 1 amide bonds. The average molecular weight is 287 g/mol. The monoisotopic (exact) mass is 287 g/mol. The van der Waals surface area contributed by atoms with Gasteiger partial charge >= 0.3 is 11.9 Å². The molecule has 0 aromatic carbocycles. The van der Waals surface area contributed by atoms with Crippen molar-refractivity contribution >= 4 is 17.8 Å². The van der Waals surface area contributed by atoms with Crippen LogP contribution in [0.25, 0.3) is 0 Å². The predicted molar refractivity (Wildman–Crippen MR) is 73.9 cm³/mol. The van der Waals surface area contributed by atoms with Gasteiger partial charge in [-0.2, -0.15) is 0 Å². The number of esters is 2. The van der Waals surface area contributed by atoms with Crippen molar-refractivity contribution in [3.8, 4) is 0 Å². The van der Waals surface area contributed by atoms with Gasteiger partial charge in [0.15, 0.2) is 0 Å². The van der Waals surface area contributed by atoms with E-state index in [-0.39, 0.29) is 24.7 Å². The molecule has 0 spiro atoms. The van der Waals surface area contributed by atoms with Crippen molar-refractivity contribution < 1.29 is 23.9 Å². The van der Waals surface area contributed by atoms with E-state index in [1.165, 1.54) is 7.11 Å². The second-order valence-corrected chi connectivity index (χ2v) is 6.03. The molecule has 0 aromatic heterocycles. The van der Waals surface area contributed by atoms with Crippen molar-refractivity contribution in [3.05, 3.63) is 0 Å². The summed E-state index contributed by atoms with van der Waals surface area (Å²) < 4.78 is 9.72. The lowest BCUT2D eigenvalue weighted by atomic mass is 10.1. The number of methoxy groups -OCH3 is 1. The van der Waals surface area contributed by atoms with Gasteiger partial charge in [0.2, 0.25) is 5.91 Å². The van der Waals surface area contributed by atoms with Gasteiger partial charge in [0.1, 0.15) is 11.6 Å². The lowest BCUT2D eigenvalue weighted by Crippen LogP contribution is -2.44. The highest BCUT2D eigenvalue weighted by atomic mass is 16.6. The molecule has 0 rings (SSSR count). The fourth-order valence-electron chi connectivity index (χ4n) is 1.51. The standard InChI is InChI=1S/C14H25NO5/c1-9(2)7-11(16)15-10(13(18)19-6)8-12(17)20-14(3,4)5/h9-10H,7-8H2,1-6H3,(H,15,16)/t10-/m1/s1. The summed E-state index contributed by atoms with van der Waals surface area (Å²) in [5.74, 6) is -1.35. The number of nitrogens with one attached hydrogen (secondary N) is 1. The van der Waals surface area contributed by atoms with E-state index in [0.29, 0.717) is 0 Å². The van der Waals surface area contributed by atoms with Gasteiger partial charge in [0.05, 0.1) is 13.5 Å². The van der Waals surface area contributed by atoms with Crippen LogP contribution in [0.2, 0.25) is 0 Å². The number of carbonyl (C=O) groups is 3. The molecule has 0 radical (unpaired) electrons. The van der Waals surface area contributed by atoms with E-state index in [9.17, 15) is 14.4 Å². The van der Waals surface area contributed by atoms with Gasteiger partial charge in [-0.05, 0) is 26.7 Å². The third-order valence-electron chi connectivity index (χ3n) is 2.21. The van der Waals surface area contributed by atoms with E-state index in [4.69, 9.17) is 4.74 Å². The zero-order valence-corrected chi connectivity index (χ0v) is 13.1. The van der Waals surface area contributed by atoms with Gasteiger partial charge in [-0.3, -0.25) is 9.59 Å². The zero-order chi connectivity index (χ0) is 15.9. The third kappa shape index (κ3) is 8.50. The largest absolute Gasteiger partial charge is 0.467 e. The van der Waals surface area contributed by atoms with Gasteiger partial charge < -0.3 is 14.8 Å². The van der Waals surface area contributed by atoms with Crippen molar-refractivity contribution in [3.63, 3.8) is 0 Å². The topological polar surface area (TPSA) is 81.7 Å². The molecule has 0 heterocycles. The molecule has 6 nitrogen and oxygen atoms in total. The van der Waals surface area contributed by atoms with Crippen LogP contribution in [0.4, 0.5) is 0 Å². The van der Waals surface area contributed by atoms with Crippen molar-refractivity contribution in [2.24, 2.45) is 5.92 Å².